The van der Waals surface area contributed by atoms with Crippen molar-refractivity contribution in [1.82, 2.24) is 25.5 Å². The first-order chi connectivity index (χ1) is 10.6. The molecule has 1 aromatic carbocycles. The predicted molar refractivity (Wildman–Crippen MR) is 84.8 cm³/mol. The van der Waals surface area contributed by atoms with Crippen LogP contribution in [0.15, 0.2) is 30.6 Å². The highest BCUT2D eigenvalue weighted by Crippen LogP contribution is 2.14. The maximum atomic E-state index is 12.5. The van der Waals surface area contributed by atoms with Crippen molar-refractivity contribution in [3.63, 3.8) is 0 Å². The molecule has 118 valence electrons. The van der Waals surface area contributed by atoms with Gasteiger partial charge in [-0.1, -0.05) is 38.8 Å². The minimum atomic E-state index is -0.0943. The third kappa shape index (κ3) is 4.38. The topological polar surface area (TPSA) is 72.7 Å². The molecule has 1 heterocycles. The lowest BCUT2D eigenvalue weighted by molar-refractivity contribution is 0.0937. The van der Waals surface area contributed by atoms with Crippen LogP contribution in [0.4, 0.5) is 0 Å². The first-order valence-corrected chi connectivity index (χ1v) is 7.71. The number of rotatable bonds is 7. The summed E-state index contributed by atoms with van der Waals surface area (Å²) in [6, 6.07) is 7.46. The molecule has 0 radical (unpaired) electrons. The molecule has 2 aromatic rings. The zero-order valence-electron chi connectivity index (χ0n) is 13.4. The predicted octanol–water partition coefficient (Wildman–Crippen LogP) is 2.61. The third-order valence-corrected chi connectivity index (χ3v) is 3.54. The van der Waals surface area contributed by atoms with Gasteiger partial charge in [-0.2, -0.15) is 4.68 Å². The number of benzene rings is 1. The number of hydrogen-bond donors (Lipinski definition) is 1. The zero-order valence-corrected chi connectivity index (χ0v) is 13.4. The molecule has 0 bridgehead atoms. The second-order valence-corrected chi connectivity index (χ2v) is 5.97. The monoisotopic (exact) mass is 301 g/mol. The number of nitrogens with zero attached hydrogens (tertiary/aromatic N) is 4. The summed E-state index contributed by atoms with van der Waals surface area (Å²) in [7, 11) is 0. The summed E-state index contributed by atoms with van der Waals surface area (Å²) in [5, 5.41) is 14.1. The molecule has 0 saturated heterocycles. The van der Waals surface area contributed by atoms with E-state index in [9.17, 15) is 4.79 Å². The van der Waals surface area contributed by atoms with Crippen LogP contribution in [0.3, 0.4) is 0 Å². The molecule has 6 heteroatoms. The fraction of sp³-hybridized carbons (Fsp3) is 0.500. The zero-order chi connectivity index (χ0) is 15.9. The normalized spacial score (nSPS) is 12.4. The van der Waals surface area contributed by atoms with Crippen LogP contribution in [0.5, 0.6) is 0 Å². The van der Waals surface area contributed by atoms with E-state index in [0.717, 1.165) is 12.8 Å². The number of para-hydroxylation sites is 1. The van der Waals surface area contributed by atoms with Crippen LogP contribution < -0.4 is 5.32 Å². The number of tetrazole rings is 1. The highest BCUT2D eigenvalue weighted by molar-refractivity contribution is 5.97. The second kappa shape index (κ2) is 7.68. The number of carbonyl (C=O) groups excluding carboxylic acids is 1. The molecular formula is C16H23N5O. The smallest absolute Gasteiger partial charge is 0.253 e. The van der Waals surface area contributed by atoms with Gasteiger partial charge in [0.15, 0.2) is 0 Å². The number of carbonyl (C=O) groups is 1. The Morgan fingerprint density at radius 3 is 2.68 bits per heavy atom. The van der Waals surface area contributed by atoms with E-state index in [2.05, 4.69) is 34.7 Å². The Bertz CT molecular complexity index is 594. The molecule has 1 amide bonds. The number of amides is 1. The molecule has 0 aliphatic carbocycles. The molecule has 0 aliphatic heterocycles. The van der Waals surface area contributed by atoms with Gasteiger partial charge < -0.3 is 5.32 Å². The largest absolute Gasteiger partial charge is 0.350 e. The molecule has 0 spiro atoms. The van der Waals surface area contributed by atoms with Gasteiger partial charge in [-0.05, 0) is 41.8 Å². The van der Waals surface area contributed by atoms with Crippen LogP contribution in [0.1, 0.15) is 50.4 Å². The maximum Gasteiger partial charge on any atom is 0.253 e. The highest BCUT2D eigenvalue weighted by Gasteiger charge is 2.15. The van der Waals surface area contributed by atoms with Crippen molar-refractivity contribution in [3.8, 4) is 5.69 Å². The third-order valence-electron chi connectivity index (χ3n) is 3.54. The standard InChI is InChI=1S/C16H23N5O/c1-12(2)7-6-8-13(3)18-16(22)14-9-4-5-10-15(14)21-11-17-19-20-21/h4-5,9-13H,6-8H2,1-3H3,(H,18,22). The number of nitrogens with one attached hydrogen (secondary N) is 1. The Kier molecular flexibility index (Phi) is 5.63. The molecule has 2 rings (SSSR count). The van der Waals surface area contributed by atoms with Crippen LogP contribution in [0.25, 0.3) is 5.69 Å². The van der Waals surface area contributed by atoms with Crippen molar-refractivity contribution in [2.24, 2.45) is 5.92 Å². The Balaban J connectivity index is 2.01. The molecule has 1 N–H and O–H groups in total. The van der Waals surface area contributed by atoms with E-state index < -0.39 is 0 Å². The van der Waals surface area contributed by atoms with Crippen molar-refractivity contribution in [2.75, 3.05) is 0 Å². The van der Waals surface area contributed by atoms with E-state index in [1.165, 1.54) is 17.4 Å². The maximum absolute atomic E-state index is 12.5. The summed E-state index contributed by atoms with van der Waals surface area (Å²) >= 11 is 0. The minimum Gasteiger partial charge on any atom is -0.350 e. The molecule has 22 heavy (non-hydrogen) atoms. The van der Waals surface area contributed by atoms with Gasteiger partial charge >= 0.3 is 0 Å². The van der Waals surface area contributed by atoms with Crippen molar-refractivity contribution in [3.05, 3.63) is 36.2 Å². The summed E-state index contributed by atoms with van der Waals surface area (Å²) in [6.07, 6.45) is 4.77. The number of hydrogen-bond acceptors (Lipinski definition) is 4. The van der Waals surface area contributed by atoms with Gasteiger partial charge in [0.2, 0.25) is 0 Å². The molecular weight excluding hydrogens is 278 g/mol. The fourth-order valence-corrected chi connectivity index (χ4v) is 2.34. The van der Waals surface area contributed by atoms with E-state index in [0.29, 0.717) is 17.2 Å². The van der Waals surface area contributed by atoms with Gasteiger partial charge in [0.1, 0.15) is 6.33 Å². The van der Waals surface area contributed by atoms with Crippen LogP contribution in [0.2, 0.25) is 0 Å². The van der Waals surface area contributed by atoms with Crippen molar-refractivity contribution >= 4 is 5.91 Å². The molecule has 0 fully saturated rings. The Hall–Kier alpha value is -2.24. The van der Waals surface area contributed by atoms with Crippen molar-refractivity contribution in [2.45, 2.75) is 46.1 Å². The summed E-state index contributed by atoms with van der Waals surface area (Å²) in [6.45, 7) is 6.47. The molecule has 0 aliphatic rings. The van der Waals surface area contributed by atoms with E-state index in [4.69, 9.17) is 0 Å². The number of aromatic nitrogens is 4. The Labute approximate surface area is 130 Å². The van der Waals surface area contributed by atoms with E-state index in [1.807, 2.05) is 25.1 Å². The lowest BCUT2D eigenvalue weighted by atomic mass is 10.0. The molecule has 6 nitrogen and oxygen atoms in total. The van der Waals surface area contributed by atoms with E-state index in [-0.39, 0.29) is 11.9 Å². The summed E-state index contributed by atoms with van der Waals surface area (Å²) in [5.74, 6) is 0.603. The van der Waals surface area contributed by atoms with Crippen molar-refractivity contribution in [1.29, 1.82) is 0 Å². The van der Waals surface area contributed by atoms with Gasteiger partial charge in [-0.3, -0.25) is 4.79 Å². The first-order valence-electron chi connectivity index (χ1n) is 7.71. The van der Waals surface area contributed by atoms with Crippen LogP contribution >= 0.6 is 0 Å². The van der Waals surface area contributed by atoms with Gasteiger partial charge in [0, 0.05) is 6.04 Å². The lowest BCUT2D eigenvalue weighted by Crippen LogP contribution is -2.33. The Morgan fingerprint density at radius 2 is 2.00 bits per heavy atom. The first kappa shape index (κ1) is 16.1. The Morgan fingerprint density at radius 1 is 1.23 bits per heavy atom. The minimum absolute atomic E-state index is 0.0943. The van der Waals surface area contributed by atoms with Gasteiger partial charge in [0.05, 0.1) is 11.3 Å². The fourth-order valence-electron chi connectivity index (χ4n) is 2.34. The van der Waals surface area contributed by atoms with Gasteiger partial charge in [0.25, 0.3) is 5.91 Å². The van der Waals surface area contributed by atoms with Crippen LogP contribution in [-0.4, -0.2) is 32.2 Å². The molecule has 1 aromatic heterocycles. The lowest BCUT2D eigenvalue weighted by Gasteiger charge is -2.16. The molecule has 1 unspecified atom stereocenters. The SMILES string of the molecule is CC(C)CCCC(C)NC(=O)c1ccccc1-n1cnnn1. The van der Waals surface area contributed by atoms with E-state index >= 15 is 0 Å². The van der Waals surface area contributed by atoms with E-state index in [1.54, 1.807) is 6.07 Å². The van der Waals surface area contributed by atoms with Crippen molar-refractivity contribution < 1.29 is 4.79 Å². The summed E-state index contributed by atoms with van der Waals surface area (Å²) in [5.41, 5.74) is 1.25. The molecule has 1 atom stereocenters. The average Bonchev–Trinajstić information content (AvgIpc) is 3.00. The summed E-state index contributed by atoms with van der Waals surface area (Å²) < 4.78 is 1.50. The average molecular weight is 301 g/mol. The van der Waals surface area contributed by atoms with Crippen LogP contribution in [0, 0.1) is 5.92 Å². The van der Waals surface area contributed by atoms with Gasteiger partial charge in [-0.25, -0.2) is 0 Å². The molecule has 0 saturated carbocycles. The van der Waals surface area contributed by atoms with Crippen LogP contribution in [-0.2, 0) is 0 Å². The quantitative estimate of drug-likeness (QED) is 0.853. The van der Waals surface area contributed by atoms with Gasteiger partial charge in [-0.15, -0.1) is 5.10 Å². The summed E-state index contributed by atoms with van der Waals surface area (Å²) in [4.78, 5) is 12.5. The second-order valence-electron chi connectivity index (χ2n) is 5.97. The highest BCUT2D eigenvalue weighted by atomic mass is 16.1.